The van der Waals surface area contributed by atoms with E-state index < -0.39 is 15.1 Å². The number of pyridine rings is 2. The molecular weight excluding hydrogens is 386 g/mol. The molecule has 1 aromatic carbocycles. The number of ether oxygens (including phenoxy) is 1. The van der Waals surface area contributed by atoms with Gasteiger partial charge in [-0.05, 0) is 47.0 Å². The Kier molecular flexibility index (Phi) is 4.37. The monoisotopic (exact) mass is 407 g/mol. The number of sulfone groups is 1. The summed E-state index contributed by atoms with van der Waals surface area (Å²) in [7, 11) is -1.72. The Bertz CT molecular complexity index is 1160. The van der Waals surface area contributed by atoms with Crippen LogP contribution in [0.2, 0.25) is 0 Å². The highest BCUT2D eigenvalue weighted by Gasteiger charge is 2.50. The molecule has 3 aromatic rings. The van der Waals surface area contributed by atoms with Gasteiger partial charge in [-0.2, -0.15) is 0 Å². The van der Waals surface area contributed by atoms with E-state index in [4.69, 9.17) is 4.74 Å². The molecule has 2 atom stereocenters. The fourth-order valence-corrected chi connectivity index (χ4v) is 6.74. The predicted molar refractivity (Wildman–Crippen MR) is 109 cm³/mol. The molecule has 4 heterocycles. The number of hydrogen-bond acceptors (Lipinski definition) is 6. The number of hydrogen-bond donors (Lipinski definition) is 0. The molecule has 29 heavy (non-hydrogen) atoms. The Morgan fingerprint density at radius 1 is 1.07 bits per heavy atom. The Labute approximate surface area is 170 Å². The summed E-state index contributed by atoms with van der Waals surface area (Å²) in [4.78, 5) is 11.0. The van der Waals surface area contributed by atoms with Crippen LogP contribution in [0.1, 0.15) is 17.0 Å². The van der Waals surface area contributed by atoms with Crippen molar-refractivity contribution in [1.29, 1.82) is 0 Å². The van der Waals surface area contributed by atoms with Crippen molar-refractivity contribution in [2.75, 3.05) is 20.2 Å². The fraction of sp³-hybridized carbons (Fsp3) is 0.273. The molecule has 7 heteroatoms. The van der Waals surface area contributed by atoms with Crippen molar-refractivity contribution in [2.24, 2.45) is 0 Å². The molecule has 0 aliphatic carbocycles. The van der Waals surface area contributed by atoms with Crippen LogP contribution in [0.25, 0.3) is 11.1 Å². The maximum atomic E-state index is 13.2. The quantitative estimate of drug-likeness (QED) is 0.662. The number of fused-ring (bicyclic) bond motifs is 3. The van der Waals surface area contributed by atoms with Crippen molar-refractivity contribution in [3.05, 3.63) is 72.2 Å². The Morgan fingerprint density at radius 3 is 2.69 bits per heavy atom. The van der Waals surface area contributed by atoms with E-state index in [0.717, 1.165) is 22.3 Å². The maximum Gasteiger partial charge on any atom is 0.217 e. The highest BCUT2D eigenvalue weighted by atomic mass is 32.2. The molecule has 0 N–H and O–H groups in total. The number of likely N-dealkylation sites (tertiary alicyclic amines) is 1. The van der Waals surface area contributed by atoms with E-state index in [1.807, 2.05) is 36.4 Å². The predicted octanol–water partition coefficient (Wildman–Crippen LogP) is 2.91. The van der Waals surface area contributed by atoms with Gasteiger partial charge in [-0.1, -0.05) is 12.1 Å². The molecule has 0 amide bonds. The zero-order chi connectivity index (χ0) is 20.0. The van der Waals surface area contributed by atoms with Gasteiger partial charge in [-0.25, -0.2) is 13.4 Å². The second-order valence-electron chi connectivity index (χ2n) is 7.54. The number of nitrogens with zero attached hydrogens (tertiary/aromatic N) is 3. The molecule has 1 saturated heterocycles. The molecule has 2 aliphatic heterocycles. The average molecular weight is 407 g/mol. The van der Waals surface area contributed by atoms with Gasteiger partial charge < -0.3 is 4.74 Å². The van der Waals surface area contributed by atoms with Crippen LogP contribution in [0.15, 0.2) is 66.0 Å². The van der Waals surface area contributed by atoms with E-state index in [2.05, 4.69) is 14.9 Å². The summed E-state index contributed by atoms with van der Waals surface area (Å²) in [5.41, 5.74) is 3.97. The molecule has 148 valence electrons. The minimum absolute atomic E-state index is 0.0144. The zero-order valence-corrected chi connectivity index (χ0v) is 16.8. The number of rotatable bonds is 4. The third kappa shape index (κ3) is 3.01. The van der Waals surface area contributed by atoms with Crippen LogP contribution >= 0.6 is 0 Å². The molecule has 0 saturated carbocycles. The third-order valence-electron chi connectivity index (χ3n) is 5.91. The summed E-state index contributed by atoms with van der Waals surface area (Å²) in [5.74, 6) is 0.576. The van der Waals surface area contributed by atoms with Gasteiger partial charge in [0.1, 0.15) is 0 Å². The van der Waals surface area contributed by atoms with Gasteiger partial charge in [0.05, 0.1) is 17.3 Å². The lowest BCUT2D eigenvalue weighted by Gasteiger charge is -2.18. The summed E-state index contributed by atoms with van der Waals surface area (Å²) in [6, 6.07) is 13.4. The van der Waals surface area contributed by atoms with Gasteiger partial charge in [-0.15, -0.1) is 0 Å². The molecule has 0 bridgehead atoms. The second kappa shape index (κ2) is 6.93. The summed E-state index contributed by atoms with van der Waals surface area (Å²) in [6.45, 7) is 1.85. The van der Waals surface area contributed by atoms with Crippen LogP contribution in [-0.2, 0) is 16.4 Å². The Hall–Kier alpha value is -2.77. The van der Waals surface area contributed by atoms with E-state index in [1.54, 1.807) is 31.8 Å². The minimum atomic E-state index is -3.32. The largest absolute Gasteiger partial charge is 0.481 e. The molecule has 0 radical (unpaired) electrons. The van der Waals surface area contributed by atoms with Gasteiger partial charge >= 0.3 is 0 Å². The van der Waals surface area contributed by atoms with E-state index >= 15 is 0 Å². The molecule has 2 aromatic heterocycles. The topological polar surface area (TPSA) is 72.4 Å². The van der Waals surface area contributed by atoms with E-state index in [9.17, 15) is 8.42 Å². The maximum absolute atomic E-state index is 13.2. The van der Waals surface area contributed by atoms with Gasteiger partial charge in [0.25, 0.3) is 0 Å². The average Bonchev–Trinajstić information content (AvgIpc) is 3.26. The summed E-state index contributed by atoms with van der Waals surface area (Å²) in [6.07, 6.45) is 5.20. The van der Waals surface area contributed by atoms with E-state index in [-0.39, 0.29) is 5.92 Å². The highest BCUT2D eigenvalue weighted by molar-refractivity contribution is 7.92. The van der Waals surface area contributed by atoms with Crippen molar-refractivity contribution in [3.63, 3.8) is 0 Å². The molecule has 0 spiro atoms. The van der Waals surface area contributed by atoms with Crippen LogP contribution in [0.4, 0.5) is 0 Å². The number of aromatic nitrogens is 2. The van der Waals surface area contributed by atoms with Crippen molar-refractivity contribution in [3.8, 4) is 17.0 Å². The Morgan fingerprint density at radius 2 is 1.90 bits per heavy atom. The molecule has 0 unspecified atom stereocenters. The summed E-state index contributed by atoms with van der Waals surface area (Å²) >= 11 is 0. The fourth-order valence-electron chi connectivity index (χ4n) is 4.55. The number of methoxy groups -OCH3 is 1. The van der Waals surface area contributed by atoms with Gasteiger partial charge in [0.15, 0.2) is 9.84 Å². The van der Waals surface area contributed by atoms with Crippen LogP contribution in [0.3, 0.4) is 0 Å². The first-order chi connectivity index (χ1) is 14.1. The first-order valence-corrected chi connectivity index (χ1v) is 11.1. The molecule has 1 fully saturated rings. The van der Waals surface area contributed by atoms with Crippen LogP contribution < -0.4 is 4.74 Å². The van der Waals surface area contributed by atoms with Crippen LogP contribution in [0, 0.1) is 0 Å². The molecule has 5 rings (SSSR count). The zero-order valence-electron chi connectivity index (χ0n) is 16.0. The standard InChI is InChI=1S/C22H21N3O3S/c1-28-22-17(3-2-8-24-22)12-25-13-19-18-11-16(15-6-9-23-10-7-15)4-5-20(18)29(26,27)21(19)14-25/h2-11,19,21H,12-14H2,1H3/t19-,21+/m1/s1. The minimum Gasteiger partial charge on any atom is -0.481 e. The van der Waals surface area contributed by atoms with Crippen LogP contribution in [-0.4, -0.2) is 48.7 Å². The van der Waals surface area contributed by atoms with Gasteiger partial charge in [-0.3, -0.25) is 9.88 Å². The van der Waals surface area contributed by atoms with Crippen molar-refractivity contribution in [1.82, 2.24) is 14.9 Å². The second-order valence-corrected chi connectivity index (χ2v) is 9.68. The summed E-state index contributed by atoms with van der Waals surface area (Å²) in [5, 5.41) is -0.396. The Balaban J connectivity index is 1.47. The van der Waals surface area contributed by atoms with E-state index in [0.29, 0.717) is 30.4 Å². The van der Waals surface area contributed by atoms with E-state index in [1.165, 1.54) is 0 Å². The molecular formula is C22H21N3O3S. The first kappa shape index (κ1) is 18.3. The highest BCUT2D eigenvalue weighted by Crippen LogP contribution is 2.46. The lowest BCUT2D eigenvalue weighted by atomic mass is 9.95. The molecule has 2 aliphatic rings. The van der Waals surface area contributed by atoms with Crippen LogP contribution in [0.5, 0.6) is 5.88 Å². The lowest BCUT2D eigenvalue weighted by molar-refractivity contribution is 0.313. The van der Waals surface area contributed by atoms with Crippen molar-refractivity contribution >= 4 is 9.84 Å². The summed E-state index contributed by atoms with van der Waals surface area (Å²) < 4.78 is 31.7. The first-order valence-electron chi connectivity index (χ1n) is 9.56. The van der Waals surface area contributed by atoms with Gasteiger partial charge in [0, 0.05) is 49.7 Å². The lowest BCUT2D eigenvalue weighted by Crippen LogP contribution is -2.26. The molecule has 6 nitrogen and oxygen atoms in total. The smallest absolute Gasteiger partial charge is 0.217 e. The SMILES string of the molecule is COc1ncccc1CN1C[C@@H]2c3cc(-c4ccncc4)ccc3S(=O)(=O)[C@H]2C1. The van der Waals surface area contributed by atoms with Crippen molar-refractivity contribution in [2.45, 2.75) is 22.6 Å². The third-order valence-corrected chi connectivity index (χ3v) is 8.17. The van der Waals surface area contributed by atoms with Gasteiger partial charge in [0.2, 0.25) is 5.88 Å². The normalized spacial score (nSPS) is 22.2. The number of benzene rings is 1. The van der Waals surface area contributed by atoms with Crippen molar-refractivity contribution < 1.29 is 13.2 Å².